The molecular formula is C6H12N2O2. The number of rotatable bonds is 2. The summed E-state index contributed by atoms with van der Waals surface area (Å²) in [6, 6.07) is -0.192. The van der Waals surface area contributed by atoms with Crippen LogP contribution in [0, 0.1) is 0 Å². The molecule has 0 rings (SSSR count). The number of carbonyl (C=O) groups excluding carboxylic acids is 1. The van der Waals surface area contributed by atoms with Gasteiger partial charge in [0.25, 0.3) is 0 Å². The van der Waals surface area contributed by atoms with Gasteiger partial charge in [-0.3, -0.25) is 4.79 Å². The molecule has 0 saturated heterocycles. The molecule has 0 aliphatic carbocycles. The van der Waals surface area contributed by atoms with Crippen molar-refractivity contribution >= 4 is 11.6 Å². The molecule has 4 nitrogen and oxygen atoms in total. The van der Waals surface area contributed by atoms with E-state index < -0.39 is 0 Å². The van der Waals surface area contributed by atoms with E-state index in [2.05, 4.69) is 10.5 Å². The fourth-order valence-electron chi connectivity index (χ4n) is 0.496. The summed E-state index contributed by atoms with van der Waals surface area (Å²) in [6.07, 6.45) is 0. The topological polar surface area (TPSA) is 61.7 Å². The summed E-state index contributed by atoms with van der Waals surface area (Å²) in [5, 5.41) is 13.8. The normalized spacial score (nSPS) is 14.5. The Bertz CT molecular complexity index is 154. The van der Waals surface area contributed by atoms with Gasteiger partial charge < -0.3 is 10.5 Å². The van der Waals surface area contributed by atoms with Crippen molar-refractivity contribution in [2.75, 3.05) is 0 Å². The highest BCUT2D eigenvalue weighted by Gasteiger charge is 2.05. The monoisotopic (exact) mass is 144 g/mol. The van der Waals surface area contributed by atoms with Gasteiger partial charge in [0.15, 0.2) is 0 Å². The molecule has 1 atom stereocenters. The Morgan fingerprint density at radius 1 is 1.60 bits per heavy atom. The first-order chi connectivity index (χ1) is 4.57. The second kappa shape index (κ2) is 3.87. The van der Waals surface area contributed by atoms with E-state index in [1.54, 1.807) is 13.8 Å². The highest BCUT2D eigenvalue weighted by Crippen LogP contribution is 1.85. The van der Waals surface area contributed by atoms with Gasteiger partial charge in [0.2, 0.25) is 5.91 Å². The number of nitrogens with one attached hydrogen (secondary N) is 1. The van der Waals surface area contributed by atoms with Crippen molar-refractivity contribution in [1.82, 2.24) is 5.32 Å². The number of amides is 1. The van der Waals surface area contributed by atoms with E-state index in [1.165, 1.54) is 6.92 Å². The zero-order valence-electron chi connectivity index (χ0n) is 6.38. The van der Waals surface area contributed by atoms with Crippen molar-refractivity contribution in [2.24, 2.45) is 5.16 Å². The predicted molar refractivity (Wildman–Crippen MR) is 38.2 cm³/mol. The van der Waals surface area contributed by atoms with E-state index in [9.17, 15) is 4.79 Å². The van der Waals surface area contributed by atoms with Gasteiger partial charge in [0.05, 0.1) is 11.8 Å². The summed E-state index contributed by atoms with van der Waals surface area (Å²) in [5.74, 6) is -0.129. The first kappa shape index (κ1) is 8.94. The average molecular weight is 144 g/mol. The van der Waals surface area contributed by atoms with Crippen molar-refractivity contribution in [3.8, 4) is 0 Å². The zero-order valence-corrected chi connectivity index (χ0v) is 6.38. The second-order valence-corrected chi connectivity index (χ2v) is 2.16. The molecule has 58 valence electrons. The minimum absolute atomic E-state index is 0.129. The number of oxime groups is 1. The van der Waals surface area contributed by atoms with Gasteiger partial charge >= 0.3 is 0 Å². The van der Waals surface area contributed by atoms with Gasteiger partial charge in [0, 0.05) is 6.92 Å². The quantitative estimate of drug-likeness (QED) is 0.334. The van der Waals surface area contributed by atoms with Crippen LogP contribution < -0.4 is 5.32 Å². The average Bonchev–Trinajstić information content (AvgIpc) is 1.85. The van der Waals surface area contributed by atoms with Gasteiger partial charge in [0.1, 0.15) is 0 Å². The zero-order chi connectivity index (χ0) is 8.15. The Labute approximate surface area is 59.9 Å². The van der Waals surface area contributed by atoms with Gasteiger partial charge in [-0.25, -0.2) is 0 Å². The standard InChI is InChI=1S/C6H12N2O2/c1-4(5(2)8-10)7-6(3)9/h4,10H,1-3H3,(H,7,9)/b8-5-. The highest BCUT2D eigenvalue weighted by molar-refractivity contribution is 5.89. The molecule has 0 spiro atoms. The number of hydrogen-bond acceptors (Lipinski definition) is 3. The van der Waals surface area contributed by atoms with Crippen LogP contribution in [0.3, 0.4) is 0 Å². The fourth-order valence-corrected chi connectivity index (χ4v) is 0.496. The van der Waals surface area contributed by atoms with Gasteiger partial charge in [-0.05, 0) is 13.8 Å². The molecule has 0 aromatic heterocycles. The maximum atomic E-state index is 10.4. The van der Waals surface area contributed by atoms with Crippen molar-refractivity contribution in [3.63, 3.8) is 0 Å². The van der Waals surface area contributed by atoms with Crippen LogP contribution in [0.15, 0.2) is 5.16 Å². The molecular weight excluding hydrogens is 132 g/mol. The van der Waals surface area contributed by atoms with Crippen molar-refractivity contribution in [3.05, 3.63) is 0 Å². The van der Waals surface area contributed by atoms with E-state index in [1.807, 2.05) is 0 Å². The number of nitrogens with zero attached hydrogens (tertiary/aromatic N) is 1. The highest BCUT2D eigenvalue weighted by atomic mass is 16.4. The SMILES string of the molecule is CC(=O)NC(C)/C(C)=N\O. The number of hydrogen-bond donors (Lipinski definition) is 2. The van der Waals surface area contributed by atoms with Crippen LogP contribution >= 0.6 is 0 Å². The Morgan fingerprint density at radius 2 is 2.10 bits per heavy atom. The molecule has 0 aliphatic heterocycles. The van der Waals surface area contributed by atoms with Crippen LogP contribution in [0.2, 0.25) is 0 Å². The molecule has 0 radical (unpaired) electrons. The molecule has 1 unspecified atom stereocenters. The number of carbonyl (C=O) groups is 1. The van der Waals surface area contributed by atoms with Gasteiger partial charge in [-0.15, -0.1) is 0 Å². The Morgan fingerprint density at radius 3 is 2.40 bits per heavy atom. The second-order valence-electron chi connectivity index (χ2n) is 2.16. The smallest absolute Gasteiger partial charge is 0.217 e. The van der Waals surface area contributed by atoms with Crippen LogP contribution in [-0.2, 0) is 4.79 Å². The van der Waals surface area contributed by atoms with E-state index in [4.69, 9.17) is 5.21 Å². The minimum atomic E-state index is -0.192. The van der Waals surface area contributed by atoms with E-state index in [0.29, 0.717) is 5.71 Å². The van der Waals surface area contributed by atoms with Crippen LogP contribution in [0.5, 0.6) is 0 Å². The summed E-state index contributed by atoms with van der Waals surface area (Å²) in [4.78, 5) is 10.4. The molecule has 0 bridgehead atoms. The first-order valence-corrected chi connectivity index (χ1v) is 3.03. The van der Waals surface area contributed by atoms with Crippen LogP contribution in [0.1, 0.15) is 20.8 Å². The molecule has 0 aromatic carbocycles. The van der Waals surface area contributed by atoms with Gasteiger partial charge in [-0.1, -0.05) is 5.16 Å². The summed E-state index contributed by atoms with van der Waals surface area (Å²) in [7, 11) is 0. The van der Waals surface area contributed by atoms with Crippen LogP contribution in [0.4, 0.5) is 0 Å². The third-order valence-electron chi connectivity index (χ3n) is 1.20. The third kappa shape index (κ3) is 3.06. The molecule has 2 N–H and O–H groups in total. The third-order valence-corrected chi connectivity index (χ3v) is 1.20. The van der Waals surface area contributed by atoms with Crippen LogP contribution in [-0.4, -0.2) is 22.9 Å². The molecule has 4 heteroatoms. The van der Waals surface area contributed by atoms with Crippen LogP contribution in [0.25, 0.3) is 0 Å². The van der Waals surface area contributed by atoms with E-state index in [-0.39, 0.29) is 11.9 Å². The minimum Gasteiger partial charge on any atom is -0.411 e. The predicted octanol–water partition coefficient (Wildman–Crippen LogP) is 0.361. The van der Waals surface area contributed by atoms with Crippen molar-refractivity contribution < 1.29 is 10.0 Å². The van der Waals surface area contributed by atoms with Gasteiger partial charge in [-0.2, -0.15) is 0 Å². The molecule has 0 aliphatic rings. The molecule has 0 fully saturated rings. The first-order valence-electron chi connectivity index (χ1n) is 3.03. The summed E-state index contributed by atoms with van der Waals surface area (Å²) < 4.78 is 0. The largest absolute Gasteiger partial charge is 0.411 e. The van der Waals surface area contributed by atoms with E-state index in [0.717, 1.165) is 0 Å². The van der Waals surface area contributed by atoms with Crippen molar-refractivity contribution in [2.45, 2.75) is 26.8 Å². The Balaban J connectivity index is 3.85. The lowest BCUT2D eigenvalue weighted by atomic mass is 10.2. The fraction of sp³-hybridized carbons (Fsp3) is 0.667. The summed E-state index contributed by atoms with van der Waals surface area (Å²) in [6.45, 7) is 4.80. The molecule has 0 saturated carbocycles. The lowest BCUT2D eigenvalue weighted by molar-refractivity contribution is -0.119. The Hall–Kier alpha value is -1.06. The molecule has 0 heterocycles. The molecule has 10 heavy (non-hydrogen) atoms. The summed E-state index contributed by atoms with van der Waals surface area (Å²) >= 11 is 0. The van der Waals surface area contributed by atoms with E-state index >= 15 is 0 Å². The summed E-state index contributed by atoms with van der Waals surface area (Å²) in [5.41, 5.74) is 0.496. The maximum Gasteiger partial charge on any atom is 0.217 e. The molecule has 0 aromatic rings. The lowest BCUT2D eigenvalue weighted by Gasteiger charge is -2.09. The van der Waals surface area contributed by atoms with Crippen molar-refractivity contribution in [1.29, 1.82) is 0 Å². The maximum absolute atomic E-state index is 10.4. The Kier molecular flexibility index (Phi) is 3.46. The lowest BCUT2D eigenvalue weighted by Crippen LogP contribution is -2.35. The molecule has 1 amide bonds.